The maximum absolute atomic E-state index is 9.22. The van der Waals surface area contributed by atoms with Crippen molar-refractivity contribution >= 4 is 11.3 Å². The van der Waals surface area contributed by atoms with Gasteiger partial charge in [0.15, 0.2) is 0 Å². The van der Waals surface area contributed by atoms with Gasteiger partial charge in [0.25, 0.3) is 0 Å². The first-order chi connectivity index (χ1) is 8.85. The minimum Gasteiger partial charge on any atom is -0.391 e. The number of hydrogen-bond donors (Lipinski definition) is 1. The molecule has 94 valence electrons. The Bertz CT molecular complexity index is 514. The highest BCUT2D eigenvalue weighted by Crippen LogP contribution is 2.47. The lowest BCUT2D eigenvalue weighted by molar-refractivity contribution is 0.285. The van der Waals surface area contributed by atoms with Crippen LogP contribution in [0.25, 0.3) is 0 Å². The van der Waals surface area contributed by atoms with Crippen LogP contribution in [0.1, 0.15) is 41.1 Å². The van der Waals surface area contributed by atoms with E-state index in [0.29, 0.717) is 0 Å². The molecule has 3 rings (SSSR count). The minimum absolute atomic E-state index is 0.0966. The molecular weight excluding hydrogens is 242 g/mol. The lowest BCUT2D eigenvalue weighted by Gasteiger charge is -2.27. The SMILES string of the molecule is OCc1cnc(C2(c3ccccc3)CCCC2)s1. The second-order valence-electron chi connectivity index (χ2n) is 4.95. The summed E-state index contributed by atoms with van der Waals surface area (Å²) >= 11 is 1.66. The molecule has 1 N–H and O–H groups in total. The zero-order valence-electron chi connectivity index (χ0n) is 10.3. The molecule has 18 heavy (non-hydrogen) atoms. The van der Waals surface area contributed by atoms with Gasteiger partial charge in [-0.15, -0.1) is 11.3 Å². The zero-order valence-corrected chi connectivity index (χ0v) is 11.1. The van der Waals surface area contributed by atoms with Crippen molar-refractivity contribution in [2.24, 2.45) is 0 Å². The molecule has 1 aliphatic rings. The summed E-state index contributed by atoms with van der Waals surface area (Å²) in [4.78, 5) is 5.54. The van der Waals surface area contributed by atoms with E-state index in [-0.39, 0.29) is 12.0 Å². The van der Waals surface area contributed by atoms with Crippen molar-refractivity contribution in [1.29, 1.82) is 0 Å². The summed E-state index contributed by atoms with van der Waals surface area (Å²) in [5.41, 5.74) is 1.47. The Morgan fingerprint density at radius 2 is 1.89 bits per heavy atom. The molecule has 0 amide bonds. The molecule has 1 heterocycles. The largest absolute Gasteiger partial charge is 0.391 e. The second-order valence-corrected chi connectivity index (χ2v) is 6.06. The molecule has 0 aliphatic heterocycles. The summed E-state index contributed by atoms with van der Waals surface area (Å²) in [5, 5.41) is 10.4. The number of thiazole rings is 1. The lowest BCUT2D eigenvalue weighted by atomic mass is 9.79. The molecule has 1 aromatic carbocycles. The van der Waals surface area contributed by atoms with Crippen molar-refractivity contribution < 1.29 is 5.11 Å². The van der Waals surface area contributed by atoms with Crippen LogP contribution in [0.4, 0.5) is 0 Å². The van der Waals surface area contributed by atoms with Gasteiger partial charge in [-0.1, -0.05) is 43.2 Å². The average Bonchev–Trinajstić information content (AvgIpc) is 3.09. The van der Waals surface area contributed by atoms with Gasteiger partial charge in [0.05, 0.1) is 11.5 Å². The highest BCUT2D eigenvalue weighted by molar-refractivity contribution is 7.11. The van der Waals surface area contributed by atoms with Crippen LogP contribution < -0.4 is 0 Å². The third-order valence-corrected chi connectivity index (χ3v) is 5.09. The van der Waals surface area contributed by atoms with Crippen LogP contribution in [0.2, 0.25) is 0 Å². The molecule has 0 atom stereocenters. The predicted octanol–water partition coefficient (Wildman–Crippen LogP) is 3.50. The molecule has 0 unspecified atom stereocenters. The monoisotopic (exact) mass is 259 g/mol. The highest BCUT2D eigenvalue weighted by atomic mass is 32.1. The van der Waals surface area contributed by atoms with Crippen LogP contribution in [0.5, 0.6) is 0 Å². The molecule has 0 radical (unpaired) electrons. The molecule has 0 saturated heterocycles. The first-order valence-electron chi connectivity index (χ1n) is 6.47. The maximum atomic E-state index is 9.22. The number of benzene rings is 1. The second kappa shape index (κ2) is 4.82. The van der Waals surface area contributed by atoms with Gasteiger partial charge in [0, 0.05) is 11.6 Å². The molecule has 1 fully saturated rings. The van der Waals surface area contributed by atoms with Crippen molar-refractivity contribution in [3.05, 3.63) is 52.0 Å². The highest BCUT2D eigenvalue weighted by Gasteiger charge is 2.39. The fourth-order valence-electron chi connectivity index (χ4n) is 2.96. The van der Waals surface area contributed by atoms with Gasteiger partial charge in [0.2, 0.25) is 0 Å². The third-order valence-electron chi connectivity index (χ3n) is 3.90. The topological polar surface area (TPSA) is 33.1 Å². The number of aromatic nitrogens is 1. The Hall–Kier alpha value is -1.19. The Balaban J connectivity index is 2.06. The van der Waals surface area contributed by atoms with Crippen LogP contribution in [0.3, 0.4) is 0 Å². The van der Waals surface area contributed by atoms with Gasteiger partial charge < -0.3 is 5.11 Å². The van der Waals surface area contributed by atoms with E-state index in [4.69, 9.17) is 0 Å². The van der Waals surface area contributed by atoms with Crippen molar-refractivity contribution in [2.45, 2.75) is 37.7 Å². The molecule has 0 spiro atoms. The molecule has 1 saturated carbocycles. The van der Waals surface area contributed by atoms with Crippen LogP contribution >= 0.6 is 11.3 Å². The predicted molar refractivity (Wildman–Crippen MR) is 73.7 cm³/mol. The van der Waals surface area contributed by atoms with Gasteiger partial charge in [-0.25, -0.2) is 4.98 Å². The first-order valence-corrected chi connectivity index (χ1v) is 7.28. The Labute approximate surface area is 111 Å². The van der Waals surface area contributed by atoms with E-state index in [1.165, 1.54) is 36.3 Å². The van der Waals surface area contributed by atoms with Crippen LogP contribution in [-0.2, 0) is 12.0 Å². The van der Waals surface area contributed by atoms with Crippen LogP contribution in [0.15, 0.2) is 36.5 Å². The normalized spacial score (nSPS) is 18.1. The Morgan fingerprint density at radius 3 is 2.50 bits per heavy atom. The molecule has 2 aromatic rings. The molecule has 0 bridgehead atoms. The summed E-state index contributed by atoms with van der Waals surface area (Å²) in [6, 6.07) is 10.7. The number of aliphatic hydroxyl groups is 1. The quantitative estimate of drug-likeness (QED) is 0.915. The van der Waals surface area contributed by atoms with E-state index < -0.39 is 0 Å². The summed E-state index contributed by atoms with van der Waals surface area (Å²) in [5.74, 6) is 0. The van der Waals surface area contributed by atoms with E-state index in [1.54, 1.807) is 11.3 Å². The van der Waals surface area contributed by atoms with Crippen molar-refractivity contribution in [3.63, 3.8) is 0 Å². The van der Waals surface area contributed by atoms with Gasteiger partial charge in [-0.3, -0.25) is 0 Å². The molecular formula is C15H17NOS. The lowest BCUT2D eigenvalue weighted by Crippen LogP contribution is -2.23. The first kappa shape index (κ1) is 11.9. The van der Waals surface area contributed by atoms with E-state index in [1.807, 2.05) is 6.20 Å². The smallest absolute Gasteiger partial charge is 0.103 e. The van der Waals surface area contributed by atoms with Crippen molar-refractivity contribution in [2.75, 3.05) is 0 Å². The number of aliphatic hydroxyl groups excluding tert-OH is 1. The van der Waals surface area contributed by atoms with Crippen molar-refractivity contribution in [1.82, 2.24) is 4.98 Å². The maximum Gasteiger partial charge on any atom is 0.103 e. The van der Waals surface area contributed by atoms with Gasteiger partial charge >= 0.3 is 0 Å². The van der Waals surface area contributed by atoms with Gasteiger partial charge in [0.1, 0.15) is 5.01 Å². The Kier molecular flexibility index (Phi) is 3.18. The standard InChI is InChI=1S/C15H17NOS/c17-11-13-10-16-14(18-13)15(8-4-5-9-15)12-6-2-1-3-7-12/h1-3,6-7,10,17H,4-5,8-9,11H2. The molecule has 1 aromatic heterocycles. The van der Waals surface area contributed by atoms with Crippen LogP contribution in [-0.4, -0.2) is 10.1 Å². The summed E-state index contributed by atoms with van der Waals surface area (Å²) in [7, 11) is 0. The molecule has 1 aliphatic carbocycles. The van der Waals surface area contributed by atoms with E-state index in [9.17, 15) is 5.11 Å². The minimum atomic E-state index is 0.0966. The fourth-order valence-corrected chi connectivity index (χ4v) is 4.00. The fraction of sp³-hybridized carbons (Fsp3) is 0.400. The Morgan fingerprint density at radius 1 is 1.17 bits per heavy atom. The van der Waals surface area contributed by atoms with Gasteiger partial charge in [-0.05, 0) is 18.4 Å². The molecule has 2 nitrogen and oxygen atoms in total. The van der Waals surface area contributed by atoms with Crippen LogP contribution in [0, 0.1) is 0 Å². The number of hydrogen-bond acceptors (Lipinski definition) is 3. The number of rotatable bonds is 3. The number of nitrogens with zero attached hydrogens (tertiary/aromatic N) is 1. The zero-order chi connectivity index (χ0) is 12.4. The van der Waals surface area contributed by atoms with E-state index in [2.05, 4.69) is 35.3 Å². The average molecular weight is 259 g/mol. The van der Waals surface area contributed by atoms with Crippen molar-refractivity contribution in [3.8, 4) is 0 Å². The summed E-state index contributed by atoms with van der Waals surface area (Å²) in [6.07, 6.45) is 6.71. The van der Waals surface area contributed by atoms with E-state index >= 15 is 0 Å². The summed E-state index contributed by atoms with van der Waals surface area (Å²) < 4.78 is 0. The molecule has 3 heteroatoms. The van der Waals surface area contributed by atoms with Gasteiger partial charge in [-0.2, -0.15) is 0 Å². The summed E-state index contributed by atoms with van der Waals surface area (Å²) in [6.45, 7) is 0.0997. The van der Waals surface area contributed by atoms with E-state index in [0.717, 1.165) is 4.88 Å². The third kappa shape index (κ3) is 1.88.